The molecule has 1 heterocycles. The molecule has 1 saturated heterocycles. The van der Waals surface area contributed by atoms with Crippen molar-refractivity contribution in [1.82, 2.24) is 0 Å². The van der Waals surface area contributed by atoms with Crippen LogP contribution in [0.15, 0.2) is 0 Å². The molecule has 1 aliphatic rings. The van der Waals surface area contributed by atoms with E-state index in [1.165, 1.54) is 0 Å². The first kappa shape index (κ1) is 8.60. The van der Waals surface area contributed by atoms with Crippen LogP contribution in [0.2, 0.25) is 0 Å². The van der Waals surface area contributed by atoms with Crippen molar-refractivity contribution in [1.29, 1.82) is 0 Å². The van der Waals surface area contributed by atoms with Gasteiger partial charge in [-0.05, 0) is 0 Å². The summed E-state index contributed by atoms with van der Waals surface area (Å²) in [6.45, 7) is 1.97. The minimum Gasteiger partial charge on any atom is -0.376 e. The van der Waals surface area contributed by atoms with E-state index in [-0.39, 0.29) is 10.9 Å². The largest absolute Gasteiger partial charge is 0.376 e. The molecular formula is C6H10Cl2O2. The van der Waals surface area contributed by atoms with Gasteiger partial charge in [-0.3, -0.25) is 0 Å². The van der Waals surface area contributed by atoms with Gasteiger partial charge in [-0.25, -0.2) is 0 Å². The van der Waals surface area contributed by atoms with Crippen molar-refractivity contribution >= 4 is 23.2 Å². The lowest BCUT2D eigenvalue weighted by molar-refractivity contribution is -0.0892. The molecule has 1 unspecified atom stereocenters. The third-order valence-corrected chi connectivity index (χ3v) is 1.68. The molecule has 1 fully saturated rings. The fourth-order valence-electron chi connectivity index (χ4n) is 0.871. The molecule has 0 bridgehead atoms. The van der Waals surface area contributed by atoms with E-state index >= 15 is 0 Å². The van der Waals surface area contributed by atoms with Gasteiger partial charge in [0.1, 0.15) is 4.84 Å². The predicted octanol–water partition coefficient (Wildman–Crippen LogP) is 1.60. The number of rotatable bonds is 2. The molecule has 0 saturated carbocycles. The Morgan fingerprint density at radius 1 is 1.40 bits per heavy atom. The van der Waals surface area contributed by atoms with Crippen molar-refractivity contribution in [2.24, 2.45) is 0 Å². The highest BCUT2D eigenvalue weighted by molar-refractivity contribution is 6.44. The maximum Gasteiger partial charge on any atom is 0.110 e. The molecule has 4 heteroatoms. The number of hydrogen-bond acceptors (Lipinski definition) is 2. The Kier molecular flexibility index (Phi) is 3.78. The highest BCUT2D eigenvalue weighted by Crippen LogP contribution is 2.14. The lowest BCUT2D eigenvalue weighted by atomic mass is 10.3. The third-order valence-electron chi connectivity index (χ3n) is 1.33. The maximum atomic E-state index is 5.54. The smallest absolute Gasteiger partial charge is 0.110 e. The summed E-state index contributed by atoms with van der Waals surface area (Å²) >= 11 is 11.1. The van der Waals surface area contributed by atoms with Gasteiger partial charge in [0.15, 0.2) is 0 Å². The molecule has 1 rings (SSSR count). The zero-order chi connectivity index (χ0) is 7.40. The Hall–Kier alpha value is 0.500. The highest BCUT2D eigenvalue weighted by Gasteiger charge is 2.16. The molecular weight excluding hydrogens is 175 g/mol. The van der Waals surface area contributed by atoms with E-state index in [0.717, 1.165) is 0 Å². The van der Waals surface area contributed by atoms with E-state index in [1.807, 2.05) is 0 Å². The molecule has 0 aromatic heterocycles. The van der Waals surface area contributed by atoms with Crippen LogP contribution in [0.1, 0.15) is 6.42 Å². The minimum absolute atomic E-state index is 0.0914. The molecule has 1 atom stereocenters. The van der Waals surface area contributed by atoms with E-state index in [9.17, 15) is 0 Å². The second-order valence-corrected chi connectivity index (χ2v) is 3.47. The van der Waals surface area contributed by atoms with Crippen LogP contribution in [0, 0.1) is 0 Å². The monoisotopic (exact) mass is 184 g/mol. The summed E-state index contributed by atoms with van der Waals surface area (Å²) in [5.74, 6) is 0. The van der Waals surface area contributed by atoms with Gasteiger partial charge >= 0.3 is 0 Å². The average Bonchev–Trinajstić information content (AvgIpc) is 1.88. The number of alkyl halides is 2. The van der Waals surface area contributed by atoms with E-state index in [2.05, 4.69) is 0 Å². The summed E-state index contributed by atoms with van der Waals surface area (Å²) in [4.78, 5) is -0.341. The van der Waals surface area contributed by atoms with Gasteiger partial charge in [0.05, 0.1) is 25.9 Å². The SMILES string of the molecule is ClC(Cl)CC1COCCO1. The number of ether oxygens (including phenoxy) is 2. The zero-order valence-corrected chi connectivity index (χ0v) is 7.07. The number of halogens is 2. The van der Waals surface area contributed by atoms with Gasteiger partial charge in [-0.1, -0.05) is 0 Å². The average molecular weight is 185 g/mol. The van der Waals surface area contributed by atoms with Gasteiger partial charge in [0.2, 0.25) is 0 Å². The molecule has 0 radical (unpaired) electrons. The normalized spacial score (nSPS) is 27.3. The van der Waals surface area contributed by atoms with Gasteiger partial charge in [0, 0.05) is 6.42 Å². The first-order valence-corrected chi connectivity index (χ1v) is 4.14. The summed E-state index contributed by atoms with van der Waals surface area (Å²) in [5, 5.41) is 0. The number of hydrogen-bond donors (Lipinski definition) is 0. The Morgan fingerprint density at radius 2 is 2.20 bits per heavy atom. The molecule has 0 aromatic rings. The van der Waals surface area contributed by atoms with Gasteiger partial charge in [-0.15, -0.1) is 23.2 Å². The van der Waals surface area contributed by atoms with E-state index in [0.29, 0.717) is 26.2 Å². The van der Waals surface area contributed by atoms with Crippen molar-refractivity contribution in [3.8, 4) is 0 Å². The van der Waals surface area contributed by atoms with Crippen molar-refractivity contribution < 1.29 is 9.47 Å². The van der Waals surface area contributed by atoms with Crippen molar-refractivity contribution in [2.75, 3.05) is 19.8 Å². The summed E-state index contributed by atoms with van der Waals surface area (Å²) in [5.41, 5.74) is 0. The fraction of sp³-hybridized carbons (Fsp3) is 1.00. The van der Waals surface area contributed by atoms with E-state index < -0.39 is 0 Å². The summed E-state index contributed by atoms with van der Waals surface area (Å²) in [6, 6.07) is 0. The van der Waals surface area contributed by atoms with Crippen LogP contribution < -0.4 is 0 Å². The third kappa shape index (κ3) is 3.06. The van der Waals surface area contributed by atoms with Crippen LogP contribution in [-0.2, 0) is 9.47 Å². The van der Waals surface area contributed by atoms with Gasteiger partial charge in [-0.2, -0.15) is 0 Å². The maximum absolute atomic E-state index is 5.54. The minimum atomic E-state index is -0.341. The lowest BCUT2D eigenvalue weighted by Crippen LogP contribution is -2.29. The fourth-order valence-corrected chi connectivity index (χ4v) is 1.27. The first-order chi connectivity index (χ1) is 4.79. The zero-order valence-electron chi connectivity index (χ0n) is 5.56. The van der Waals surface area contributed by atoms with Crippen LogP contribution in [0.25, 0.3) is 0 Å². The van der Waals surface area contributed by atoms with Crippen molar-refractivity contribution in [3.05, 3.63) is 0 Å². The van der Waals surface area contributed by atoms with Crippen LogP contribution in [0.4, 0.5) is 0 Å². The second kappa shape index (κ2) is 4.39. The van der Waals surface area contributed by atoms with Crippen molar-refractivity contribution in [2.45, 2.75) is 17.4 Å². The molecule has 0 aliphatic carbocycles. The van der Waals surface area contributed by atoms with Crippen LogP contribution in [0.5, 0.6) is 0 Å². The molecule has 2 nitrogen and oxygen atoms in total. The van der Waals surface area contributed by atoms with Crippen LogP contribution in [0.3, 0.4) is 0 Å². The molecule has 10 heavy (non-hydrogen) atoms. The first-order valence-electron chi connectivity index (χ1n) is 3.26. The summed E-state index contributed by atoms with van der Waals surface area (Å²) in [7, 11) is 0. The standard InChI is InChI=1S/C6H10Cl2O2/c7-6(8)3-5-4-9-1-2-10-5/h5-6H,1-4H2. The molecule has 1 aliphatic heterocycles. The quantitative estimate of drug-likeness (QED) is 0.608. The van der Waals surface area contributed by atoms with Crippen molar-refractivity contribution in [3.63, 3.8) is 0 Å². The Balaban J connectivity index is 2.13. The summed E-state index contributed by atoms with van der Waals surface area (Å²) < 4.78 is 10.4. The Labute approximate surface area is 70.4 Å². The Bertz CT molecular complexity index is 91.7. The van der Waals surface area contributed by atoms with E-state index in [4.69, 9.17) is 32.7 Å². The topological polar surface area (TPSA) is 18.5 Å². The van der Waals surface area contributed by atoms with Gasteiger partial charge in [0.25, 0.3) is 0 Å². The molecule has 0 N–H and O–H groups in total. The predicted molar refractivity (Wildman–Crippen MR) is 40.7 cm³/mol. The molecule has 0 aromatic carbocycles. The highest BCUT2D eigenvalue weighted by atomic mass is 35.5. The molecule has 60 valence electrons. The summed E-state index contributed by atoms with van der Waals surface area (Å²) in [6.07, 6.45) is 0.747. The second-order valence-electron chi connectivity index (χ2n) is 2.19. The van der Waals surface area contributed by atoms with Crippen LogP contribution >= 0.6 is 23.2 Å². The lowest BCUT2D eigenvalue weighted by Gasteiger charge is -2.22. The molecule has 0 spiro atoms. The van der Waals surface area contributed by atoms with E-state index in [1.54, 1.807) is 0 Å². The Morgan fingerprint density at radius 3 is 2.70 bits per heavy atom. The van der Waals surface area contributed by atoms with Gasteiger partial charge < -0.3 is 9.47 Å². The van der Waals surface area contributed by atoms with Crippen LogP contribution in [-0.4, -0.2) is 30.8 Å². The molecule has 0 amide bonds.